The van der Waals surface area contributed by atoms with Gasteiger partial charge in [0.15, 0.2) is 0 Å². The van der Waals surface area contributed by atoms with Crippen LogP contribution >= 0.6 is 0 Å². The number of allylic oxidation sites excluding steroid dienone is 2. The van der Waals surface area contributed by atoms with Crippen molar-refractivity contribution in [3.8, 4) is 0 Å². The van der Waals surface area contributed by atoms with E-state index in [0.29, 0.717) is 37.0 Å². The normalized spacial score (nSPS) is 47.1. The molecule has 1 aromatic carbocycles. The Kier molecular flexibility index (Phi) is 2.94. The Balaban J connectivity index is 1.62. The number of ketones is 1. The topological polar surface area (TPSA) is 37.4 Å². The number of hydrogen-bond acceptors (Lipinski definition) is 2. The fourth-order valence-electron chi connectivity index (χ4n) is 8.25. The maximum Gasteiger partial charge on any atom is 0.227 e. The summed E-state index contributed by atoms with van der Waals surface area (Å²) in [7, 11) is 0. The van der Waals surface area contributed by atoms with Crippen LogP contribution in [-0.4, -0.2) is 29.2 Å². The molecule has 2 heterocycles. The van der Waals surface area contributed by atoms with Gasteiger partial charge in [-0.3, -0.25) is 9.59 Å². The molecular weight excluding hydrogens is 334 g/mol. The van der Waals surface area contributed by atoms with Crippen molar-refractivity contribution in [2.75, 3.05) is 6.54 Å². The van der Waals surface area contributed by atoms with Crippen LogP contribution < -0.4 is 0 Å². The summed E-state index contributed by atoms with van der Waals surface area (Å²) < 4.78 is 0. The van der Waals surface area contributed by atoms with E-state index >= 15 is 0 Å². The summed E-state index contributed by atoms with van der Waals surface area (Å²) in [5.74, 6) is 0.966. The zero-order valence-corrected chi connectivity index (χ0v) is 16.0. The summed E-state index contributed by atoms with van der Waals surface area (Å²) in [5, 5.41) is 0. The molecule has 6 rings (SSSR count). The number of carbonyl (C=O) groups excluding carboxylic acids is 2. The highest BCUT2D eigenvalue weighted by atomic mass is 16.2. The van der Waals surface area contributed by atoms with E-state index < -0.39 is 0 Å². The van der Waals surface area contributed by atoms with E-state index in [9.17, 15) is 9.59 Å². The molecule has 0 aromatic heterocycles. The molecule has 1 amide bonds. The maximum absolute atomic E-state index is 13.8. The number of nitrogens with zero attached hydrogens (tertiary/aromatic N) is 1. The van der Waals surface area contributed by atoms with E-state index in [2.05, 4.69) is 54.3 Å². The fraction of sp³-hybridized carbons (Fsp3) is 0.583. The minimum absolute atomic E-state index is 0.00361. The van der Waals surface area contributed by atoms with Gasteiger partial charge in [-0.1, -0.05) is 62.2 Å². The van der Waals surface area contributed by atoms with Gasteiger partial charge in [0.05, 0.1) is 5.92 Å². The first-order chi connectivity index (χ1) is 13.1. The minimum Gasteiger partial charge on any atom is -0.338 e. The molecule has 6 atom stereocenters. The van der Waals surface area contributed by atoms with E-state index in [1.807, 2.05) is 0 Å². The summed E-state index contributed by atoms with van der Waals surface area (Å²) in [6, 6.07) is 10.9. The van der Waals surface area contributed by atoms with Crippen LogP contribution in [0.25, 0.3) is 0 Å². The molecule has 0 unspecified atom stereocenters. The molecule has 3 aliphatic carbocycles. The first kappa shape index (κ1) is 16.1. The predicted octanol–water partition coefficient (Wildman–Crippen LogP) is 3.88. The van der Waals surface area contributed by atoms with Gasteiger partial charge in [-0.25, -0.2) is 0 Å². The van der Waals surface area contributed by atoms with E-state index in [4.69, 9.17) is 0 Å². The molecule has 3 nitrogen and oxygen atoms in total. The second-order valence-electron chi connectivity index (χ2n) is 9.74. The van der Waals surface area contributed by atoms with Crippen LogP contribution in [0.2, 0.25) is 0 Å². The third-order valence-electron chi connectivity index (χ3n) is 9.23. The number of carbonyl (C=O) groups is 2. The van der Waals surface area contributed by atoms with Crippen LogP contribution in [0.4, 0.5) is 0 Å². The maximum atomic E-state index is 13.8. The molecule has 27 heavy (non-hydrogen) atoms. The number of piperidine rings is 1. The lowest BCUT2D eigenvalue weighted by atomic mass is 9.52. The average Bonchev–Trinajstić information content (AvgIpc) is 3.21. The monoisotopic (exact) mass is 361 g/mol. The van der Waals surface area contributed by atoms with Crippen LogP contribution in [0.1, 0.15) is 51.0 Å². The lowest BCUT2D eigenvalue weighted by Gasteiger charge is -2.52. The van der Waals surface area contributed by atoms with Crippen LogP contribution in [0.3, 0.4) is 0 Å². The van der Waals surface area contributed by atoms with Gasteiger partial charge in [-0.2, -0.15) is 0 Å². The summed E-state index contributed by atoms with van der Waals surface area (Å²) in [6.45, 7) is 3.09. The Labute approximate surface area is 160 Å². The van der Waals surface area contributed by atoms with Gasteiger partial charge in [0.2, 0.25) is 5.91 Å². The molecule has 0 radical (unpaired) electrons. The SMILES string of the molecule is C[C@]12CCCC[C@@]13C=C[C@@]2(c1ccccc1)[C@@H]1C(=O)N2CCC(=O)C[C@H]2[C@@H]13. The standard InChI is InChI=1S/C24H27NO2/c1-22-10-5-6-11-23(22)12-13-24(22,16-7-3-2-4-8-16)20-19(23)18-15-17(26)9-14-25(18)21(20)27/h2-4,7-8,12-13,18-20H,5-6,9-11,14-15H2,1H3/t18-,19-,20-,22-,23-,24+/m0/s1. The first-order valence-corrected chi connectivity index (χ1v) is 10.6. The highest BCUT2D eigenvalue weighted by Crippen LogP contribution is 2.80. The van der Waals surface area contributed by atoms with Crippen molar-refractivity contribution in [3.05, 3.63) is 48.0 Å². The van der Waals surface area contributed by atoms with E-state index in [1.54, 1.807) is 0 Å². The molecule has 1 aromatic rings. The van der Waals surface area contributed by atoms with E-state index in [-0.39, 0.29) is 28.2 Å². The number of benzene rings is 1. The predicted molar refractivity (Wildman–Crippen MR) is 103 cm³/mol. The largest absolute Gasteiger partial charge is 0.338 e. The lowest BCUT2D eigenvalue weighted by Crippen LogP contribution is -2.52. The molecule has 0 spiro atoms. The van der Waals surface area contributed by atoms with Gasteiger partial charge in [-0.15, -0.1) is 0 Å². The van der Waals surface area contributed by atoms with Crippen molar-refractivity contribution < 1.29 is 9.59 Å². The van der Waals surface area contributed by atoms with Gasteiger partial charge in [-0.05, 0) is 23.8 Å². The van der Waals surface area contributed by atoms with Crippen LogP contribution in [0.15, 0.2) is 42.5 Å². The number of Topliss-reactive ketones (excluding diaryl/α,β-unsaturated/α-hetero) is 1. The van der Waals surface area contributed by atoms with Crippen molar-refractivity contribution in [1.29, 1.82) is 0 Å². The smallest absolute Gasteiger partial charge is 0.227 e. The first-order valence-electron chi connectivity index (χ1n) is 10.6. The Morgan fingerprint density at radius 2 is 1.81 bits per heavy atom. The Morgan fingerprint density at radius 3 is 2.63 bits per heavy atom. The summed E-state index contributed by atoms with van der Waals surface area (Å²) in [6.07, 6.45) is 10.9. The summed E-state index contributed by atoms with van der Waals surface area (Å²) in [5.41, 5.74) is 1.24. The molecule has 5 aliphatic rings. The molecule has 2 saturated heterocycles. The lowest BCUT2D eigenvalue weighted by molar-refractivity contribution is -0.137. The fourth-order valence-corrected chi connectivity index (χ4v) is 8.25. The highest BCUT2D eigenvalue weighted by Gasteiger charge is 2.80. The van der Waals surface area contributed by atoms with Gasteiger partial charge < -0.3 is 4.90 Å². The van der Waals surface area contributed by atoms with Crippen LogP contribution in [-0.2, 0) is 15.0 Å². The Morgan fingerprint density at radius 1 is 1.04 bits per heavy atom. The third-order valence-corrected chi connectivity index (χ3v) is 9.23. The number of amides is 1. The van der Waals surface area contributed by atoms with Crippen molar-refractivity contribution in [1.82, 2.24) is 4.90 Å². The van der Waals surface area contributed by atoms with E-state index in [1.165, 1.54) is 31.2 Å². The molecular formula is C24H27NO2. The van der Waals surface area contributed by atoms with Crippen molar-refractivity contribution in [2.45, 2.75) is 56.9 Å². The minimum atomic E-state index is -0.211. The van der Waals surface area contributed by atoms with Crippen LogP contribution in [0, 0.1) is 22.7 Å². The summed E-state index contributed by atoms with van der Waals surface area (Å²) in [4.78, 5) is 28.2. The van der Waals surface area contributed by atoms with Gasteiger partial charge >= 0.3 is 0 Å². The van der Waals surface area contributed by atoms with Crippen molar-refractivity contribution in [3.63, 3.8) is 0 Å². The number of rotatable bonds is 1. The highest BCUT2D eigenvalue weighted by molar-refractivity contribution is 5.91. The zero-order valence-electron chi connectivity index (χ0n) is 16.0. The van der Waals surface area contributed by atoms with Crippen molar-refractivity contribution >= 4 is 11.7 Å². The molecule has 2 saturated carbocycles. The van der Waals surface area contributed by atoms with Gasteiger partial charge in [0.1, 0.15) is 5.78 Å². The number of fused-ring (bicyclic) bond motifs is 4. The molecule has 140 valence electrons. The third kappa shape index (κ3) is 1.55. The summed E-state index contributed by atoms with van der Waals surface area (Å²) >= 11 is 0. The second kappa shape index (κ2) is 4.92. The molecule has 3 heteroatoms. The Bertz CT molecular complexity index is 876. The molecule has 2 aliphatic heterocycles. The number of hydrogen-bond donors (Lipinski definition) is 0. The van der Waals surface area contributed by atoms with Crippen LogP contribution in [0.5, 0.6) is 0 Å². The van der Waals surface area contributed by atoms with Crippen molar-refractivity contribution in [2.24, 2.45) is 22.7 Å². The Hall–Kier alpha value is -1.90. The molecule has 4 fully saturated rings. The zero-order chi connectivity index (χ0) is 18.4. The molecule has 2 bridgehead atoms. The van der Waals surface area contributed by atoms with E-state index in [0.717, 1.165) is 0 Å². The average molecular weight is 361 g/mol. The van der Waals surface area contributed by atoms with Gasteiger partial charge in [0.25, 0.3) is 0 Å². The second-order valence-corrected chi connectivity index (χ2v) is 9.74. The molecule has 0 N–H and O–H groups in total. The van der Waals surface area contributed by atoms with Gasteiger partial charge in [0, 0.05) is 42.2 Å². The quantitative estimate of drug-likeness (QED) is 0.712.